The van der Waals surface area contributed by atoms with E-state index < -0.39 is 11.6 Å². The highest BCUT2D eigenvalue weighted by Crippen LogP contribution is 2.32. The Balaban J connectivity index is 2.05. The molecule has 0 saturated heterocycles. The number of benzene rings is 1. The van der Waals surface area contributed by atoms with Crippen molar-refractivity contribution in [2.24, 2.45) is 0 Å². The van der Waals surface area contributed by atoms with E-state index in [0.29, 0.717) is 18.4 Å². The molecule has 1 aromatic heterocycles. The van der Waals surface area contributed by atoms with Crippen molar-refractivity contribution in [3.05, 3.63) is 63.4 Å². The molecular weight excluding hydrogens is 412 g/mol. The van der Waals surface area contributed by atoms with Crippen LogP contribution in [0.3, 0.4) is 0 Å². The zero-order valence-corrected chi connectivity index (χ0v) is 16.9. The van der Waals surface area contributed by atoms with Crippen LogP contribution < -0.4 is 0 Å². The van der Waals surface area contributed by atoms with Gasteiger partial charge in [0.25, 0.3) is 0 Å². The molecule has 0 aliphatic carbocycles. The van der Waals surface area contributed by atoms with Gasteiger partial charge in [0.1, 0.15) is 11.6 Å². The van der Waals surface area contributed by atoms with Gasteiger partial charge in [0, 0.05) is 21.0 Å². The van der Waals surface area contributed by atoms with Crippen molar-refractivity contribution < 1.29 is 8.78 Å². The van der Waals surface area contributed by atoms with E-state index in [1.165, 1.54) is 12.1 Å². The van der Waals surface area contributed by atoms with Gasteiger partial charge >= 0.3 is 0 Å². The van der Waals surface area contributed by atoms with Gasteiger partial charge in [0.15, 0.2) is 0 Å². The third-order valence-corrected chi connectivity index (χ3v) is 6.68. The van der Waals surface area contributed by atoms with E-state index in [9.17, 15) is 8.78 Å². The first-order valence-corrected chi connectivity index (χ1v) is 10.4. The lowest BCUT2D eigenvalue weighted by Gasteiger charge is -2.20. The maximum absolute atomic E-state index is 13.3. The third kappa shape index (κ3) is 6.05. The molecule has 0 aliphatic rings. The molecule has 0 N–H and O–H groups in total. The maximum Gasteiger partial charge on any atom is 0.126 e. The Morgan fingerprint density at radius 3 is 2.38 bits per heavy atom. The van der Waals surface area contributed by atoms with Crippen LogP contribution in [-0.4, -0.2) is 9.73 Å². The lowest BCUT2D eigenvalue weighted by atomic mass is 10.0. The topological polar surface area (TPSA) is 12.9 Å². The highest BCUT2D eigenvalue weighted by molar-refractivity contribution is 9.10. The first kappa shape index (κ1) is 19.7. The van der Waals surface area contributed by atoms with Crippen LogP contribution >= 0.6 is 38.4 Å². The number of aryl methyl sites for hydroxylation is 3. The van der Waals surface area contributed by atoms with Crippen molar-refractivity contribution in [1.82, 2.24) is 4.98 Å². The van der Waals surface area contributed by atoms with Gasteiger partial charge in [-0.1, -0.05) is 10.8 Å². The number of thiol groups is 1. The molecule has 0 bridgehead atoms. The largest absolute Gasteiger partial charge is 0.257 e. The molecular formula is C18H20BrF2NS2. The average molecular weight is 432 g/mol. The maximum atomic E-state index is 13.3. The first-order valence-electron chi connectivity index (χ1n) is 7.71. The summed E-state index contributed by atoms with van der Waals surface area (Å²) in [6, 6.07) is 7.62. The van der Waals surface area contributed by atoms with Crippen LogP contribution in [-0.2, 0) is 19.3 Å². The van der Waals surface area contributed by atoms with Crippen molar-refractivity contribution in [3.8, 4) is 0 Å². The molecule has 1 aromatic carbocycles. The molecule has 0 saturated carbocycles. The van der Waals surface area contributed by atoms with E-state index in [0.717, 1.165) is 34.8 Å². The fourth-order valence-electron chi connectivity index (χ4n) is 2.34. The van der Waals surface area contributed by atoms with Crippen molar-refractivity contribution in [2.75, 3.05) is 0 Å². The Labute approximate surface area is 159 Å². The summed E-state index contributed by atoms with van der Waals surface area (Å²) in [5.74, 6) is -1.09. The van der Waals surface area contributed by atoms with Crippen molar-refractivity contribution in [2.45, 2.75) is 44.3 Å². The van der Waals surface area contributed by atoms with Gasteiger partial charge in [-0.25, -0.2) is 8.78 Å². The SMILES string of the molecule is CC(C)(CCc1ccc(Br)c(CCc2cc(F)cc(F)c2)n1)SS. The average Bonchev–Trinajstić information content (AvgIpc) is 2.52. The van der Waals surface area contributed by atoms with Gasteiger partial charge in [-0.05, 0) is 85.3 Å². The molecule has 0 atom stereocenters. The molecule has 6 heteroatoms. The normalized spacial score (nSPS) is 11.8. The van der Waals surface area contributed by atoms with E-state index in [2.05, 4.69) is 41.4 Å². The molecule has 24 heavy (non-hydrogen) atoms. The zero-order valence-electron chi connectivity index (χ0n) is 13.7. The van der Waals surface area contributed by atoms with Gasteiger partial charge in [-0.15, -0.1) is 11.7 Å². The molecule has 0 aliphatic heterocycles. The summed E-state index contributed by atoms with van der Waals surface area (Å²) < 4.78 is 27.6. The monoisotopic (exact) mass is 431 g/mol. The highest BCUT2D eigenvalue weighted by Gasteiger charge is 2.17. The number of pyridine rings is 1. The Morgan fingerprint density at radius 2 is 1.75 bits per heavy atom. The molecule has 0 unspecified atom stereocenters. The van der Waals surface area contributed by atoms with Gasteiger partial charge in [0.2, 0.25) is 0 Å². The highest BCUT2D eigenvalue weighted by atomic mass is 79.9. The second-order valence-corrected chi connectivity index (χ2v) is 9.05. The number of nitrogens with zero attached hydrogens (tertiary/aromatic N) is 1. The minimum Gasteiger partial charge on any atom is -0.257 e. The van der Waals surface area contributed by atoms with Gasteiger partial charge < -0.3 is 0 Å². The predicted octanol–water partition coefficient (Wildman–Crippen LogP) is 6.20. The van der Waals surface area contributed by atoms with Crippen LogP contribution in [0.25, 0.3) is 0 Å². The summed E-state index contributed by atoms with van der Waals surface area (Å²) in [5, 5.41) is 0. The lowest BCUT2D eigenvalue weighted by molar-refractivity contribution is 0.579. The molecule has 0 amide bonds. The number of hydrogen-bond acceptors (Lipinski definition) is 3. The summed E-state index contributed by atoms with van der Waals surface area (Å²) in [6.45, 7) is 4.31. The Kier molecular flexibility index (Phi) is 7.13. The zero-order chi connectivity index (χ0) is 17.7. The Hall–Kier alpha value is -0.590. The lowest BCUT2D eigenvalue weighted by Crippen LogP contribution is -2.14. The van der Waals surface area contributed by atoms with E-state index in [1.807, 2.05) is 12.1 Å². The van der Waals surface area contributed by atoms with Crippen LogP contribution in [0.5, 0.6) is 0 Å². The van der Waals surface area contributed by atoms with Crippen molar-refractivity contribution in [3.63, 3.8) is 0 Å². The van der Waals surface area contributed by atoms with Crippen LogP contribution in [0, 0.1) is 11.6 Å². The van der Waals surface area contributed by atoms with E-state index in [-0.39, 0.29) is 4.75 Å². The molecule has 0 fully saturated rings. The summed E-state index contributed by atoms with van der Waals surface area (Å²) in [5.41, 5.74) is 2.57. The Morgan fingerprint density at radius 1 is 1.08 bits per heavy atom. The van der Waals surface area contributed by atoms with Crippen LogP contribution in [0.1, 0.15) is 37.2 Å². The van der Waals surface area contributed by atoms with Crippen LogP contribution in [0.4, 0.5) is 8.78 Å². The van der Waals surface area contributed by atoms with E-state index >= 15 is 0 Å². The Bertz CT molecular complexity index is 687. The smallest absolute Gasteiger partial charge is 0.126 e. The minimum absolute atomic E-state index is 0.0944. The minimum atomic E-state index is -0.544. The molecule has 2 rings (SSSR count). The van der Waals surface area contributed by atoms with E-state index in [4.69, 9.17) is 4.98 Å². The number of halogens is 3. The summed E-state index contributed by atoms with van der Waals surface area (Å²) in [4.78, 5) is 4.70. The van der Waals surface area contributed by atoms with E-state index in [1.54, 1.807) is 10.8 Å². The van der Waals surface area contributed by atoms with Crippen molar-refractivity contribution >= 4 is 38.4 Å². The van der Waals surface area contributed by atoms with Crippen molar-refractivity contribution in [1.29, 1.82) is 0 Å². The second kappa shape index (κ2) is 8.68. The van der Waals surface area contributed by atoms with Crippen LogP contribution in [0.2, 0.25) is 0 Å². The molecule has 2 aromatic rings. The molecule has 0 radical (unpaired) electrons. The summed E-state index contributed by atoms with van der Waals surface area (Å²) >= 11 is 7.81. The fourth-order valence-corrected chi connectivity index (χ4v) is 3.22. The second-order valence-electron chi connectivity index (χ2n) is 6.36. The summed E-state index contributed by atoms with van der Waals surface area (Å²) in [6.07, 6.45) is 3.02. The fraction of sp³-hybridized carbons (Fsp3) is 0.389. The molecule has 0 spiro atoms. The van der Waals surface area contributed by atoms with Gasteiger partial charge in [-0.2, -0.15) is 0 Å². The third-order valence-electron chi connectivity index (χ3n) is 3.78. The molecule has 1 nitrogen and oxygen atoms in total. The van der Waals surface area contributed by atoms with Gasteiger partial charge in [-0.3, -0.25) is 4.98 Å². The predicted molar refractivity (Wildman–Crippen MR) is 105 cm³/mol. The number of hydrogen-bond donors (Lipinski definition) is 1. The van der Waals surface area contributed by atoms with Crippen LogP contribution in [0.15, 0.2) is 34.8 Å². The standard InChI is InChI=1S/C18H20BrF2NS2/c1-18(2,24-23)8-7-15-4-5-16(19)17(22-15)6-3-12-9-13(20)11-14(21)10-12/h4-5,9-11,23H,3,6-8H2,1-2H3. The molecule has 1 heterocycles. The number of aromatic nitrogens is 1. The molecule has 130 valence electrons. The summed E-state index contributed by atoms with van der Waals surface area (Å²) in [7, 11) is 1.55. The quantitative estimate of drug-likeness (QED) is 0.414. The number of rotatable bonds is 7. The van der Waals surface area contributed by atoms with Gasteiger partial charge in [0.05, 0.1) is 5.69 Å². The first-order chi connectivity index (χ1) is 11.3.